The first-order chi connectivity index (χ1) is 17.7. The van der Waals surface area contributed by atoms with Gasteiger partial charge in [-0.25, -0.2) is 8.42 Å². The molecular formula is C30H49N3O4S. The molecule has 0 aromatic heterocycles. The second kappa shape index (κ2) is 12.1. The van der Waals surface area contributed by atoms with Gasteiger partial charge in [0.25, 0.3) is 5.91 Å². The van der Waals surface area contributed by atoms with Crippen LogP contribution in [0.25, 0.3) is 0 Å². The lowest BCUT2D eigenvalue weighted by atomic mass is 9.80. The van der Waals surface area contributed by atoms with Crippen molar-refractivity contribution in [3.8, 4) is 0 Å². The fraction of sp³-hybridized carbons (Fsp3) is 0.733. The van der Waals surface area contributed by atoms with Crippen molar-refractivity contribution in [2.75, 3.05) is 18.8 Å². The number of likely N-dealkylation sites (tertiary alicyclic amines) is 1. The SMILES string of the molecule is CCN(C(C)C)[C@@H]1CC[C@H](N2CCC(NC(=O)c3cccc(C(C)(C)C)c3)C2=O)[C@H](CS(=O)(=O)C(C)C)C1. The average molecular weight is 548 g/mol. The Morgan fingerprint density at radius 1 is 1.13 bits per heavy atom. The molecule has 8 heteroatoms. The van der Waals surface area contributed by atoms with Crippen molar-refractivity contribution in [1.29, 1.82) is 0 Å². The van der Waals surface area contributed by atoms with Crippen LogP contribution >= 0.6 is 0 Å². The van der Waals surface area contributed by atoms with Gasteiger partial charge in [0, 0.05) is 30.2 Å². The Morgan fingerprint density at radius 3 is 2.39 bits per heavy atom. The summed E-state index contributed by atoms with van der Waals surface area (Å²) >= 11 is 0. The highest BCUT2D eigenvalue weighted by molar-refractivity contribution is 7.91. The number of sulfone groups is 1. The Labute approximate surface area is 230 Å². The van der Waals surface area contributed by atoms with Crippen LogP contribution in [0, 0.1) is 5.92 Å². The summed E-state index contributed by atoms with van der Waals surface area (Å²) in [6.07, 6.45) is 3.03. The molecule has 0 radical (unpaired) electrons. The van der Waals surface area contributed by atoms with Gasteiger partial charge in [0.05, 0.1) is 11.0 Å². The van der Waals surface area contributed by atoms with Crippen LogP contribution in [0.3, 0.4) is 0 Å². The molecule has 1 unspecified atom stereocenters. The quantitative estimate of drug-likeness (QED) is 0.495. The van der Waals surface area contributed by atoms with E-state index in [2.05, 4.69) is 51.8 Å². The number of amides is 2. The first-order valence-electron chi connectivity index (χ1n) is 14.3. The molecule has 1 aliphatic heterocycles. The Balaban J connectivity index is 1.77. The first kappa shape index (κ1) is 30.6. The lowest BCUT2D eigenvalue weighted by Crippen LogP contribution is -2.54. The molecule has 0 bridgehead atoms. The first-order valence-corrected chi connectivity index (χ1v) is 16.1. The molecule has 2 amide bonds. The summed E-state index contributed by atoms with van der Waals surface area (Å²) in [4.78, 5) is 31.0. The second-order valence-corrected chi connectivity index (χ2v) is 15.4. The van der Waals surface area contributed by atoms with Gasteiger partial charge in [-0.3, -0.25) is 14.5 Å². The van der Waals surface area contributed by atoms with Crippen LogP contribution in [0.2, 0.25) is 0 Å². The lowest BCUT2D eigenvalue weighted by Gasteiger charge is -2.45. The molecule has 1 aromatic carbocycles. The van der Waals surface area contributed by atoms with Gasteiger partial charge in [0.1, 0.15) is 6.04 Å². The number of benzene rings is 1. The zero-order chi connectivity index (χ0) is 28.4. The van der Waals surface area contributed by atoms with Gasteiger partial charge in [-0.15, -0.1) is 0 Å². The van der Waals surface area contributed by atoms with Crippen molar-refractivity contribution in [3.63, 3.8) is 0 Å². The van der Waals surface area contributed by atoms with E-state index in [9.17, 15) is 18.0 Å². The van der Waals surface area contributed by atoms with Crippen LogP contribution in [0.5, 0.6) is 0 Å². The van der Waals surface area contributed by atoms with Gasteiger partial charge in [0.15, 0.2) is 9.84 Å². The highest BCUT2D eigenvalue weighted by Gasteiger charge is 2.44. The molecule has 7 nitrogen and oxygen atoms in total. The summed E-state index contributed by atoms with van der Waals surface area (Å²) in [5.74, 6) is -0.343. The van der Waals surface area contributed by atoms with E-state index in [1.807, 2.05) is 23.1 Å². The van der Waals surface area contributed by atoms with Crippen LogP contribution in [0.15, 0.2) is 24.3 Å². The van der Waals surface area contributed by atoms with E-state index in [4.69, 9.17) is 0 Å². The van der Waals surface area contributed by atoms with Crippen molar-refractivity contribution >= 4 is 21.7 Å². The third kappa shape index (κ3) is 6.98. The minimum Gasteiger partial charge on any atom is -0.340 e. The summed E-state index contributed by atoms with van der Waals surface area (Å²) in [7, 11) is -3.26. The van der Waals surface area contributed by atoms with Crippen molar-refractivity contribution in [3.05, 3.63) is 35.4 Å². The van der Waals surface area contributed by atoms with Crippen molar-refractivity contribution < 1.29 is 18.0 Å². The summed E-state index contributed by atoms with van der Waals surface area (Å²) in [6.45, 7) is 17.8. The Hall–Kier alpha value is -1.93. The van der Waals surface area contributed by atoms with Gasteiger partial charge in [0.2, 0.25) is 5.91 Å². The van der Waals surface area contributed by atoms with E-state index in [-0.39, 0.29) is 34.9 Å². The summed E-state index contributed by atoms with van der Waals surface area (Å²) in [5.41, 5.74) is 1.54. The number of carbonyl (C=O) groups excluding carboxylic acids is 2. The monoisotopic (exact) mass is 547 g/mol. The number of hydrogen-bond acceptors (Lipinski definition) is 5. The molecule has 3 rings (SSSR count). The van der Waals surface area contributed by atoms with Gasteiger partial charge in [-0.2, -0.15) is 0 Å². The predicted octanol–water partition coefficient (Wildman–Crippen LogP) is 4.41. The van der Waals surface area contributed by atoms with E-state index in [0.29, 0.717) is 30.6 Å². The molecule has 1 saturated carbocycles. The van der Waals surface area contributed by atoms with Crippen LogP contribution in [-0.2, 0) is 20.0 Å². The molecule has 38 heavy (non-hydrogen) atoms. The highest BCUT2D eigenvalue weighted by atomic mass is 32.2. The zero-order valence-electron chi connectivity index (χ0n) is 24.7. The van der Waals surface area contributed by atoms with Crippen molar-refractivity contribution in [2.24, 2.45) is 5.92 Å². The smallest absolute Gasteiger partial charge is 0.251 e. The highest BCUT2D eigenvalue weighted by Crippen LogP contribution is 2.36. The van der Waals surface area contributed by atoms with E-state index < -0.39 is 21.1 Å². The Kier molecular flexibility index (Phi) is 9.72. The Bertz CT molecular complexity index is 1090. The minimum atomic E-state index is -3.26. The van der Waals surface area contributed by atoms with Gasteiger partial charge >= 0.3 is 0 Å². The van der Waals surface area contributed by atoms with Crippen molar-refractivity contribution in [1.82, 2.24) is 15.1 Å². The van der Waals surface area contributed by atoms with E-state index in [0.717, 1.165) is 31.4 Å². The van der Waals surface area contributed by atoms with E-state index in [1.54, 1.807) is 19.9 Å². The standard InChI is InChI=1S/C30H49N3O4S/c1-9-32(20(2)3)25-13-14-27(23(18-25)19-38(36,37)21(4)5)33-16-15-26(29(33)35)31-28(34)22-11-10-12-24(17-22)30(6,7)8/h10-12,17,20-21,23,25-27H,9,13-16,18-19H2,1-8H3,(H,31,34)/t23-,25+,26?,27-/m0/s1. The third-order valence-corrected chi connectivity index (χ3v) is 10.8. The van der Waals surface area contributed by atoms with Gasteiger partial charge in [-0.1, -0.05) is 39.8 Å². The number of nitrogens with one attached hydrogen (secondary N) is 1. The summed E-state index contributed by atoms with van der Waals surface area (Å²) in [6, 6.07) is 7.57. The maximum absolute atomic E-state index is 13.6. The molecule has 1 aliphatic carbocycles. The van der Waals surface area contributed by atoms with Crippen LogP contribution in [0.1, 0.15) is 97.0 Å². The molecule has 0 spiro atoms. The molecular weight excluding hydrogens is 498 g/mol. The molecule has 2 aliphatic rings. The fourth-order valence-electron chi connectivity index (χ4n) is 6.18. The van der Waals surface area contributed by atoms with Gasteiger partial charge in [-0.05, 0) is 89.0 Å². The molecule has 1 heterocycles. The third-order valence-electron chi connectivity index (χ3n) is 8.51. The largest absolute Gasteiger partial charge is 0.340 e. The number of rotatable bonds is 9. The summed E-state index contributed by atoms with van der Waals surface area (Å²) < 4.78 is 26.0. The maximum Gasteiger partial charge on any atom is 0.251 e. The molecule has 2 fully saturated rings. The molecule has 214 valence electrons. The molecule has 1 saturated heterocycles. The zero-order valence-corrected chi connectivity index (χ0v) is 25.5. The van der Waals surface area contributed by atoms with Crippen molar-refractivity contribution in [2.45, 2.75) is 116 Å². The number of hydrogen-bond donors (Lipinski definition) is 1. The van der Waals surface area contributed by atoms with Crippen LogP contribution in [0.4, 0.5) is 0 Å². The summed E-state index contributed by atoms with van der Waals surface area (Å²) in [5, 5.41) is 2.52. The van der Waals surface area contributed by atoms with Crippen LogP contribution < -0.4 is 5.32 Å². The van der Waals surface area contributed by atoms with Crippen LogP contribution in [-0.4, -0.2) is 78.3 Å². The fourth-order valence-corrected chi connectivity index (χ4v) is 7.52. The van der Waals surface area contributed by atoms with E-state index in [1.165, 1.54) is 0 Å². The predicted molar refractivity (Wildman–Crippen MR) is 154 cm³/mol. The molecule has 1 N–H and O–H groups in total. The molecule has 4 atom stereocenters. The van der Waals surface area contributed by atoms with E-state index >= 15 is 0 Å². The van der Waals surface area contributed by atoms with Gasteiger partial charge < -0.3 is 10.2 Å². The topological polar surface area (TPSA) is 86.8 Å². The minimum absolute atomic E-state index is 0.0800. The average Bonchev–Trinajstić information content (AvgIpc) is 3.18. The maximum atomic E-state index is 13.6. The number of carbonyl (C=O) groups is 2. The lowest BCUT2D eigenvalue weighted by molar-refractivity contribution is -0.133. The Morgan fingerprint density at radius 2 is 1.82 bits per heavy atom. The normalized spacial score (nSPS) is 25.0. The second-order valence-electron chi connectivity index (χ2n) is 12.8. The number of nitrogens with zero attached hydrogens (tertiary/aromatic N) is 2. The molecule has 1 aromatic rings.